The van der Waals surface area contributed by atoms with Gasteiger partial charge in [-0.05, 0) is 43.2 Å². The number of carbonyl (C=O) groups is 1. The highest BCUT2D eigenvalue weighted by Crippen LogP contribution is 2.33. The summed E-state index contributed by atoms with van der Waals surface area (Å²) in [6.07, 6.45) is 2.79. The Hall–Kier alpha value is -3.48. The van der Waals surface area contributed by atoms with Crippen LogP contribution in [0.5, 0.6) is 0 Å². The van der Waals surface area contributed by atoms with Crippen LogP contribution in [-0.4, -0.2) is 20.4 Å². The Morgan fingerprint density at radius 1 is 1.03 bits per heavy atom. The van der Waals surface area contributed by atoms with Crippen molar-refractivity contribution < 1.29 is 4.79 Å². The van der Waals surface area contributed by atoms with Crippen LogP contribution in [-0.2, 0) is 17.8 Å². The Morgan fingerprint density at radius 3 is 2.59 bits per heavy atom. The molecule has 2 aromatic heterocycles. The van der Waals surface area contributed by atoms with Crippen molar-refractivity contribution in [2.75, 3.05) is 0 Å². The maximum absolute atomic E-state index is 12.6. The number of hydrogen-bond donors (Lipinski definition) is 1. The molecule has 3 aromatic carbocycles. The Balaban J connectivity index is 1.38. The summed E-state index contributed by atoms with van der Waals surface area (Å²) in [6, 6.07) is 23.8. The van der Waals surface area contributed by atoms with Crippen molar-refractivity contribution in [3.8, 4) is 16.4 Å². The van der Waals surface area contributed by atoms with Crippen molar-refractivity contribution in [3.63, 3.8) is 0 Å². The lowest BCUT2D eigenvalue weighted by Crippen LogP contribution is -2.22. The first-order valence-electron chi connectivity index (χ1n) is 11.1. The number of benzene rings is 3. The maximum atomic E-state index is 12.6. The SMILES string of the molecule is Cc1ccc(CNC(=O)CCc2sc(-n3cnc4ccccc43)nc2-c2ccc(Cl)cc2)cc1. The minimum absolute atomic E-state index is 0.0191. The summed E-state index contributed by atoms with van der Waals surface area (Å²) in [4.78, 5) is 23.1. The normalized spacial score (nSPS) is 11.1. The Morgan fingerprint density at radius 2 is 1.79 bits per heavy atom. The third-order valence-corrected chi connectivity index (χ3v) is 7.02. The van der Waals surface area contributed by atoms with E-state index in [1.807, 2.05) is 65.2 Å². The van der Waals surface area contributed by atoms with E-state index in [1.165, 1.54) is 5.56 Å². The molecule has 5 aromatic rings. The van der Waals surface area contributed by atoms with Gasteiger partial charge in [0, 0.05) is 28.4 Å². The fraction of sp³-hybridized carbons (Fsp3) is 0.148. The summed E-state index contributed by atoms with van der Waals surface area (Å²) in [5.41, 5.74) is 6.07. The predicted octanol–water partition coefficient (Wildman–Crippen LogP) is 6.36. The van der Waals surface area contributed by atoms with E-state index < -0.39 is 0 Å². The van der Waals surface area contributed by atoms with E-state index in [-0.39, 0.29) is 5.91 Å². The highest BCUT2D eigenvalue weighted by atomic mass is 35.5. The van der Waals surface area contributed by atoms with Crippen LogP contribution < -0.4 is 5.32 Å². The lowest BCUT2D eigenvalue weighted by Gasteiger charge is -2.06. The van der Waals surface area contributed by atoms with Crippen LogP contribution in [0, 0.1) is 6.92 Å². The van der Waals surface area contributed by atoms with Gasteiger partial charge >= 0.3 is 0 Å². The highest BCUT2D eigenvalue weighted by Gasteiger charge is 2.17. The summed E-state index contributed by atoms with van der Waals surface area (Å²) >= 11 is 7.69. The smallest absolute Gasteiger partial charge is 0.220 e. The van der Waals surface area contributed by atoms with E-state index in [4.69, 9.17) is 16.6 Å². The van der Waals surface area contributed by atoms with Crippen molar-refractivity contribution in [1.82, 2.24) is 19.9 Å². The first kappa shape index (κ1) is 22.3. The van der Waals surface area contributed by atoms with Gasteiger partial charge in [-0.15, -0.1) is 11.3 Å². The number of amides is 1. The molecule has 5 nitrogen and oxygen atoms in total. The van der Waals surface area contributed by atoms with E-state index >= 15 is 0 Å². The van der Waals surface area contributed by atoms with Crippen LogP contribution in [0.2, 0.25) is 5.02 Å². The first-order chi connectivity index (χ1) is 16.6. The monoisotopic (exact) mass is 486 g/mol. The van der Waals surface area contributed by atoms with Crippen LogP contribution >= 0.6 is 22.9 Å². The molecule has 0 saturated carbocycles. The van der Waals surface area contributed by atoms with E-state index in [0.717, 1.165) is 37.9 Å². The predicted molar refractivity (Wildman–Crippen MR) is 139 cm³/mol. The number of nitrogens with zero attached hydrogens (tertiary/aromatic N) is 3. The Kier molecular flexibility index (Phi) is 6.43. The molecule has 34 heavy (non-hydrogen) atoms. The number of aryl methyl sites for hydroxylation is 2. The molecule has 0 atom stereocenters. The lowest BCUT2D eigenvalue weighted by atomic mass is 10.1. The molecule has 170 valence electrons. The van der Waals surface area contributed by atoms with Gasteiger partial charge in [-0.3, -0.25) is 9.36 Å². The first-order valence-corrected chi connectivity index (χ1v) is 12.3. The van der Waals surface area contributed by atoms with Crippen LogP contribution in [0.3, 0.4) is 0 Å². The van der Waals surface area contributed by atoms with Crippen molar-refractivity contribution in [2.45, 2.75) is 26.3 Å². The number of nitrogens with one attached hydrogen (secondary N) is 1. The minimum Gasteiger partial charge on any atom is -0.352 e. The molecule has 2 heterocycles. The van der Waals surface area contributed by atoms with Crippen molar-refractivity contribution in [1.29, 1.82) is 0 Å². The topological polar surface area (TPSA) is 59.8 Å². The third-order valence-electron chi connectivity index (χ3n) is 5.65. The van der Waals surface area contributed by atoms with Crippen LogP contribution in [0.25, 0.3) is 27.4 Å². The molecule has 0 aliphatic rings. The van der Waals surface area contributed by atoms with E-state index in [1.54, 1.807) is 17.7 Å². The van der Waals surface area contributed by atoms with Gasteiger partial charge in [0.1, 0.15) is 6.33 Å². The molecule has 1 N–H and O–H groups in total. The quantitative estimate of drug-likeness (QED) is 0.291. The van der Waals surface area contributed by atoms with Gasteiger partial charge in [-0.2, -0.15) is 0 Å². The van der Waals surface area contributed by atoms with Gasteiger partial charge in [0.25, 0.3) is 0 Å². The van der Waals surface area contributed by atoms with Crippen LogP contribution in [0.4, 0.5) is 0 Å². The second kappa shape index (κ2) is 9.79. The van der Waals surface area contributed by atoms with Crippen LogP contribution in [0.15, 0.2) is 79.1 Å². The number of halogens is 1. The molecule has 0 fully saturated rings. The van der Waals surface area contributed by atoms with E-state index in [2.05, 4.69) is 29.4 Å². The Labute approximate surface area is 207 Å². The average Bonchev–Trinajstić information content (AvgIpc) is 3.47. The molecular formula is C27H23ClN4OS. The third kappa shape index (κ3) is 4.88. The molecule has 7 heteroatoms. The van der Waals surface area contributed by atoms with Gasteiger partial charge in [0.05, 0.1) is 16.7 Å². The van der Waals surface area contributed by atoms with Crippen molar-refractivity contribution in [3.05, 3.63) is 100 Å². The van der Waals surface area contributed by atoms with Crippen molar-refractivity contribution in [2.24, 2.45) is 0 Å². The molecule has 0 radical (unpaired) electrons. The molecule has 0 spiro atoms. The molecule has 1 amide bonds. The maximum Gasteiger partial charge on any atom is 0.220 e. The molecular weight excluding hydrogens is 464 g/mol. The highest BCUT2D eigenvalue weighted by molar-refractivity contribution is 7.14. The molecule has 0 aliphatic heterocycles. The zero-order valence-electron chi connectivity index (χ0n) is 18.7. The zero-order chi connectivity index (χ0) is 23.5. The summed E-state index contributed by atoms with van der Waals surface area (Å²) in [6.45, 7) is 2.58. The lowest BCUT2D eigenvalue weighted by molar-refractivity contribution is -0.121. The number of imidazole rings is 1. The second-order valence-electron chi connectivity index (χ2n) is 8.14. The zero-order valence-corrected chi connectivity index (χ0v) is 20.2. The van der Waals surface area contributed by atoms with Gasteiger partial charge < -0.3 is 5.32 Å². The summed E-state index contributed by atoms with van der Waals surface area (Å²) < 4.78 is 2.00. The number of fused-ring (bicyclic) bond motifs is 1. The number of carbonyl (C=O) groups excluding carboxylic acids is 1. The summed E-state index contributed by atoms with van der Waals surface area (Å²) in [5.74, 6) is 0.0191. The molecule has 5 rings (SSSR count). The van der Waals surface area contributed by atoms with Gasteiger partial charge in [-0.25, -0.2) is 9.97 Å². The number of thiazole rings is 1. The summed E-state index contributed by atoms with van der Waals surface area (Å²) in [7, 11) is 0. The number of para-hydroxylation sites is 2. The van der Waals surface area contributed by atoms with Crippen LogP contribution in [0.1, 0.15) is 22.4 Å². The average molecular weight is 487 g/mol. The fourth-order valence-corrected chi connectivity index (χ4v) is 4.97. The van der Waals surface area contributed by atoms with E-state index in [0.29, 0.717) is 24.4 Å². The standard InChI is InChI=1S/C27H23ClN4OS/c1-18-6-8-19(9-7-18)16-29-25(33)15-14-24-26(20-10-12-21(28)13-11-20)31-27(34-24)32-17-30-22-4-2-3-5-23(22)32/h2-13,17H,14-16H2,1H3,(H,29,33). The fourth-order valence-electron chi connectivity index (χ4n) is 3.78. The van der Waals surface area contributed by atoms with E-state index in [9.17, 15) is 4.79 Å². The van der Waals surface area contributed by atoms with Gasteiger partial charge in [0.2, 0.25) is 5.91 Å². The summed E-state index contributed by atoms with van der Waals surface area (Å²) in [5, 5.41) is 4.53. The molecule has 0 unspecified atom stereocenters. The van der Waals surface area contributed by atoms with Crippen molar-refractivity contribution >= 4 is 39.9 Å². The van der Waals surface area contributed by atoms with Gasteiger partial charge in [0.15, 0.2) is 5.13 Å². The molecule has 0 bridgehead atoms. The molecule has 0 saturated heterocycles. The Bertz CT molecular complexity index is 1440. The minimum atomic E-state index is 0.0191. The van der Waals surface area contributed by atoms with Gasteiger partial charge in [-0.1, -0.05) is 65.7 Å². The number of aromatic nitrogens is 3. The largest absolute Gasteiger partial charge is 0.352 e. The second-order valence-corrected chi connectivity index (χ2v) is 9.64. The number of hydrogen-bond acceptors (Lipinski definition) is 4. The molecule has 0 aliphatic carbocycles. The number of rotatable bonds is 7.